The molecule has 1 aliphatic rings. The number of sulfone groups is 1. The highest BCUT2D eigenvalue weighted by Gasteiger charge is 2.52. The molecule has 1 saturated carbocycles. The van der Waals surface area contributed by atoms with E-state index in [1.54, 1.807) is 18.2 Å². The molecule has 0 N–H and O–H groups in total. The van der Waals surface area contributed by atoms with Crippen molar-refractivity contribution in [1.29, 1.82) is 0 Å². The van der Waals surface area contributed by atoms with E-state index in [2.05, 4.69) is 15.1 Å². The maximum Gasteiger partial charge on any atom is 0.260 e. The average molecular weight is 592 g/mol. The van der Waals surface area contributed by atoms with E-state index < -0.39 is 26.9 Å². The Balaban J connectivity index is 1.33. The summed E-state index contributed by atoms with van der Waals surface area (Å²) in [6, 6.07) is 9.36. The first-order chi connectivity index (χ1) is 18.5. The lowest BCUT2D eigenvalue weighted by atomic mass is 9.92. The van der Waals surface area contributed by atoms with Gasteiger partial charge in [0.15, 0.2) is 20.7 Å². The summed E-state index contributed by atoms with van der Waals surface area (Å²) in [5.41, 5.74) is 1.04. The number of benzene rings is 2. The van der Waals surface area contributed by atoms with Crippen LogP contribution in [-0.4, -0.2) is 35.1 Å². The van der Waals surface area contributed by atoms with Crippen molar-refractivity contribution < 1.29 is 26.5 Å². The Bertz CT molecular complexity index is 1660. The Morgan fingerprint density at radius 1 is 1.03 bits per heavy atom. The zero-order valence-corrected chi connectivity index (χ0v) is 22.9. The first-order valence-electron chi connectivity index (χ1n) is 12.0. The van der Waals surface area contributed by atoms with E-state index in [9.17, 15) is 22.0 Å². The lowest BCUT2D eigenvalue weighted by molar-refractivity contribution is -0.117. The van der Waals surface area contributed by atoms with E-state index >= 15 is 0 Å². The van der Waals surface area contributed by atoms with Crippen LogP contribution in [0.2, 0.25) is 10.0 Å². The van der Waals surface area contributed by atoms with Crippen molar-refractivity contribution in [3.8, 4) is 11.5 Å². The van der Waals surface area contributed by atoms with E-state index in [4.69, 9.17) is 27.7 Å². The molecule has 5 rings (SSSR count). The van der Waals surface area contributed by atoms with E-state index in [-0.39, 0.29) is 46.7 Å². The predicted molar refractivity (Wildman–Crippen MR) is 141 cm³/mol. The fourth-order valence-electron chi connectivity index (χ4n) is 4.45. The summed E-state index contributed by atoms with van der Waals surface area (Å²) in [6.45, 7) is 1.54. The van der Waals surface area contributed by atoms with Crippen LogP contribution in [-0.2, 0) is 32.9 Å². The molecule has 0 amide bonds. The highest BCUT2D eigenvalue weighted by atomic mass is 35.5. The third kappa shape index (κ3) is 5.46. The summed E-state index contributed by atoms with van der Waals surface area (Å²) < 4.78 is 56.6. The van der Waals surface area contributed by atoms with Crippen LogP contribution in [0.5, 0.6) is 0 Å². The van der Waals surface area contributed by atoms with Crippen LogP contribution in [0.1, 0.15) is 42.3 Å². The van der Waals surface area contributed by atoms with Gasteiger partial charge in [-0.15, -0.1) is 0 Å². The Labute approximate surface area is 233 Å². The molecule has 39 heavy (non-hydrogen) atoms. The second kappa shape index (κ2) is 10.4. The number of aromatic nitrogens is 3. The van der Waals surface area contributed by atoms with E-state index in [0.29, 0.717) is 39.6 Å². The molecular formula is C27H21Cl2F2N3O4S. The van der Waals surface area contributed by atoms with Crippen LogP contribution in [0.15, 0.2) is 58.2 Å². The Morgan fingerprint density at radius 3 is 2.31 bits per heavy atom. The van der Waals surface area contributed by atoms with Crippen molar-refractivity contribution in [1.82, 2.24) is 15.1 Å². The van der Waals surface area contributed by atoms with E-state index in [1.165, 1.54) is 25.3 Å². The molecule has 2 heterocycles. The highest BCUT2D eigenvalue weighted by Crippen LogP contribution is 2.56. The summed E-state index contributed by atoms with van der Waals surface area (Å²) >= 11 is 13.3. The summed E-state index contributed by atoms with van der Waals surface area (Å²) in [5, 5.41) is 4.67. The lowest BCUT2D eigenvalue weighted by Gasteiger charge is -2.16. The van der Waals surface area contributed by atoms with Gasteiger partial charge in [-0.05, 0) is 54.3 Å². The quantitative estimate of drug-likeness (QED) is 0.237. The zero-order chi connectivity index (χ0) is 27.9. The molecule has 1 fully saturated rings. The van der Waals surface area contributed by atoms with Gasteiger partial charge in [-0.1, -0.05) is 41.3 Å². The van der Waals surface area contributed by atoms with Crippen molar-refractivity contribution in [2.45, 2.75) is 43.0 Å². The fraction of sp³-hybridized carbons (Fsp3) is 0.259. The van der Waals surface area contributed by atoms with E-state index in [0.717, 1.165) is 12.1 Å². The third-order valence-electron chi connectivity index (χ3n) is 6.64. The number of carbonyl (C=O) groups excluding carboxylic acids is 1. The van der Waals surface area contributed by atoms with Gasteiger partial charge in [0.25, 0.3) is 5.89 Å². The Hall–Kier alpha value is -3.21. The zero-order valence-electron chi connectivity index (χ0n) is 20.5. The van der Waals surface area contributed by atoms with Gasteiger partial charge in [0.05, 0.1) is 16.7 Å². The fourth-order valence-corrected chi connectivity index (χ4v) is 6.13. The van der Waals surface area contributed by atoms with Crippen LogP contribution in [0.4, 0.5) is 8.78 Å². The minimum absolute atomic E-state index is 0.0196. The summed E-state index contributed by atoms with van der Waals surface area (Å²) in [5.74, 6) is -1.53. The number of halogens is 4. The molecule has 0 aliphatic heterocycles. The average Bonchev–Trinajstić information content (AvgIpc) is 3.51. The van der Waals surface area contributed by atoms with Crippen molar-refractivity contribution >= 4 is 38.8 Å². The molecular weight excluding hydrogens is 571 g/mol. The number of carbonyl (C=O) groups is 1. The maximum atomic E-state index is 14.2. The third-order valence-corrected chi connectivity index (χ3v) is 8.88. The Kier molecular flexibility index (Phi) is 7.30. The van der Waals surface area contributed by atoms with Crippen LogP contribution in [0, 0.1) is 11.6 Å². The molecule has 12 heteroatoms. The molecule has 0 unspecified atom stereocenters. The van der Waals surface area contributed by atoms with Gasteiger partial charge in [0, 0.05) is 40.7 Å². The van der Waals surface area contributed by atoms with Gasteiger partial charge in [-0.25, -0.2) is 22.2 Å². The first kappa shape index (κ1) is 27.4. The van der Waals surface area contributed by atoms with E-state index in [1.807, 2.05) is 0 Å². The molecule has 0 spiro atoms. The molecule has 2 aromatic carbocycles. The number of pyridine rings is 1. The van der Waals surface area contributed by atoms with Gasteiger partial charge in [0.2, 0.25) is 0 Å². The largest absolute Gasteiger partial charge is 0.334 e. The van der Waals surface area contributed by atoms with Gasteiger partial charge in [-0.2, -0.15) is 4.98 Å². The smallest absolute Gasteiger partial charge is 0.260 e. The van der Waals surface area contributed by atoms with Crippen LogP contribution >= 0.6 is 23.2 Å². The number of ketones is 1. The topological polar surface area (TPSA) is 103 Å². The van der Waals surface area contributed by atoms with Crippen LogP contribution in [0.3, 0.4) is 0 Å². The molecule has 0 bridgehead atoms. The normalized spacial score (nSPS) is 14.4. The van der Waals surface area contributed by atoms with Gasteiger partial charge in [0.1, 0.15) is 17.4 Å². The summed E-state index contributed by atoms with van der Waals surface area (Å²) in [7, 11) is -3.42. The van der Waals surface area contributed by atoms with Gasteiger partial charge in [-0.3, -0.25) is 4.79 Å². The standard InChI is InChI=1S/C27H21Cl2F2N3O4S/c1-2-39(36,37)23-6-3-15(14-32-23)9-18(35)10-16-11-20(28)24(21(29)12-16)27(7-8-27)26-33-25(38-34-26)19-5-4-17(30)13-22(19)31/h3-6,11-14H,2,7-10H2,1H3. The second-order valence-electron chi connectivity index (χ2n) is 9.36. The Morgan fingerprint density at radius 2 is 1.72 bits per heavy atom. The van der Waals surface area contributed by atoms with Crippen molar-refractivity contribution in [2.75, 3.05) is 5.75 Å². The summed E-state index contributed by atoms with van der Waals surface area (Å²) in [4.78, 5) is 21.1. The number of Topliss-reactive ketones (excluding diaryl/α,β-unsaturated/α-hetero) is 1. The number of rotatable bonds is 9. The number of hydrogen-bond donors (Lipinski definition) is 0. The number of hydrogen-bond acceptors (Lipinski definition) is 7. The van der Waals surface area contributed by atoms with Crippen molar-refractivity contribution in [3.05, 3.63) is 92.9 Å². The minimum Gasteiger partial charge on any atom is -0.334 e. The SMILES string of the molecule is CCS(=O)(=O)c1ccc(CC(=O)Cc2cc(Cl)c(C3(c4noc(-c5ccc(F)cc5F)n4)CC3)c(Cl)c2)cn1. The molecule has 4 aromatic rings. The summed E-state index contributed by atoms with van der Waals surface area (Å²) in [6.07, 6.45) is 2.76. The monoisotopic (exact) mass is 591 g/mol. The lowest BCUT2D eigenvalue weighted by Crippen LogP contribution is -2.14. The van der Waals surface area contributed by atoms with Crippen LogP contribution in [0.25, 0.3) is 11.5 Å². The molecule has 202 valence electrons. The van der Waals surface area contributed by atoms with Gasteiger partial charge < -0.3 is 4.52 Å². The molecule has 0 atom stereocenters. The molecule has 0 radical (unpaired) electrons. The molecule has 2 aromatic heterocycles. The van der Waals surface area contributed by atoms with Crippen molar-refractivity contribution in [3.63, 3.8) is 0 Å². The van der Waals surface area contributed by atoms with Gasteiger partial charge >= 0.3 is 0 Å². The maximum absolute atomic E-state index is 14.2. The molecule has 1 aliphatic carbocycles. The number of nitrogens with zero attached hydrogens (tertiary/aromatic N) is 3. The predicted octanol–water partition coefficient (Wildman–Crippen LogP) is 5.94. The molecule has 0 saturated heterocycles. The van der Waals surface area contributed by atoms with Crippen LogP contribution < -0.4 is 0 Å². The molecule has 7 nitrogen and oxygen atoms in total. The first-order valence-corrected chi connectivity index (χ1v) is 14.4. The van der Waals surface area contributed by atoms with Crippen molar-refractivity contribution in [2.24, 2.45) is 0 Å². The highest BCUT2D eigenvalue weighted by molar-refractivity contribution is 7.91. The second-order valence-corrected chi connectivity index (χ2v) is 12.4. The minimum atomic E-state index is -3.42.